The molecule has 4 aliphatic rings. The van der Waals surface area contributed by atoms with Gasteiger partial charge in [0.2, 0.25) is 0 Å². The summed E-state index contributed by atoms with van der Waals surface area (Å²) >= 11 is 0. The molecule has 0 heterocycles. The Hall–Kier alpha value is -0.670. The maximum atomic E-state index is 12.9. The Balaban J connectivity index is 1.66. The minimum absolute atomic E-state index is 0.0279. The van der Waals surface area contributed by atoms with Crippen molar-refractivity contribution in [1.29, 1.82) is 0 Å². The number of hydrogen-bond acceptors (Lipinski definition) is 3. The standard InChI is InChI=1S/C30H50O3/c1-19(2)10-9-15-30(8,33)25-20-11-12-23-27(5)16-14-24(32)26(3,4)22(27)13-17-28(23,6)29(20,7)18-21(25)31/h10,20-23,25,31,33H,9,11-18H2,1-8H3. The maximum absolute atomic E-state index is 12.9. The molecule has 3 nitrogen and oxygen atoms in total. The van der Waals surface area contributed by atoms with Crippen molar-refractivity contribution in [2.75, 3.05) is 0 Å². The predicted molar refractivity (Wildman–Crippen MR) is 135 cm³/mol. The molecule has 0 aromatic carbocycles. The van der Waals surface area contributed by atoms with E-state index in [2.05, 4.69) is 54.5 Å². The zero-order valence-corrected chi connectivity index (χ0v) is 22.6. The molecular weight excluding hydrogens is 408 g/mol. The summed E-state index contributed by atoms with van der Waals surface area (Å²) in [7, 11) is 0. The number of ketones is 1. The quantitative estimate of drug-likeness (QED) is 0.460. The highest BCUT2D eigenvalue weighted by Gasteiger charge is 2.70. The first-order valence-electron chi connectivity index (χ1n) is 13.7. The third-order valence-corrected chi connectivity index (χ3v) is 12.1. The van der Waals surface area contributed by atoms with E-state index < -0.39 is 11.7 Å². The highest BCUT2D eigenvalue weighted by atomic mass is 16.3. The van der Waals surface area contributed by atoms with Gasteiger partial charge in [0, 0.05) is 17.8 Å². The normalized spacial score (nSPS) is 48.3. The lowest BCUT2D eigenvalue weighted by Gasteiger charge is -2.69. The molecule has 0 aromatic heterocycles. The molecule has 4 aliphatic carbocycles. The third kappa shape index (κ3) is 3.53. The monoisotopic (exact) mass is 458 g/mol. The van der Waals surface area contributed by atoms with E-state index in [9.17, 15) is 15.0 Å². The van der Waals surface area contributed by atoms with Crippen LogP contribution in [0.25, 0.3) is 0 Å². The topological polar surface area (TPSA) is 57.5 Å². The molecule has 0 radical (unpaired) electrons. The number of Topliss-reactive ketones (excluding diaryl/α,β-unsaturated/α-hetero) is 1. The number of carbonyl (C=O) groups is 1. The summed E-state index contributed by atoms with van der Waals surface area (Å²) in [5.74, 6) is 1.80. The first-order chi connectivity index (χ1) is 15.1. The zero-order valence-electron chi connectivity index (χ0n) is 22.6. The summed E-state index contributed by atoms with van der Waals surface area (Å²) < 4.78 is 0. The molecule has 4 rings (SSSR count). The van der Waals surface area contributed by atoms with Crippen LogP contribution in [0, 0.1) is 45.3 Å². The van der Waals surface area contributed by atoms with Gasteiger partial charge in [0.25, 0.3) is 0 Å². The smallest absolute Gasteiger partial charge is 0.138 e. The highest BCUT2D eigenvalue weighted by molar-refractivity contribution is 5.85. The largest absolute Gasteiger partial charge is 0.393 e. The van der Waals surface area contributed by atoms with E-state index in [0.717, 1.165) is 44.9 Å². The molecule has 188 valence electrons. The Morgan fingerprint density at radius 1 is 1.03 bits per heavy atom. The van der Waals surface area contributed by atoms with Crippen LogP contribution in [0.4, 0.5) is 0 Å². The van der Waals surface area contributed by atoms with Gasteiger partial charge in [-0.05, 0) is 106 Å². The molecular formula is C30H50O3. The lowest BCUT2D eigenvalue weighted by atomic mass is 9.35. The second-order valence-corrected chi connectivity index (χ2v) is 14.3. The van der Waals surface area contributed by atoms with E-state index in [0.29, 0.717) is 30.0 Å². The van der Waals surface area contributed by atoms with Crippen LogP contribution >= 0.6 is 0 Å². The molecule has 0 bridgehead atoms. The number of carbonyl (C=O) groups excluding carboxylic acids is 1. The van der Waals surface area contributed by atoms with Gasteiger partial charge in [-0.1, -0.05) is 46.3 Å². The molecule has 9 unspecified atom stereocenters. The van der Waals surface area contributed by atoms with Gasteiger partial charge >= 0.3 is 0 Å². The highest BCUT2D eigenvalue weighted by Crippen LogP contribution is 2.75. The van der Waals surface area contributed by atoms with Gasteiger partial charge in [0.15, 0.2) is 0 Å². The molecule has 0 spiro atoms. The maximum Gasteiger partial charge on any atom is 0.138 e. The Morgan fingerprint density at radius 3 is 2.33 bits per heavy atom. The first kappa shape index (κ1) is 25.4. The molecule has 3 heteroatoms. The SMILES string of the molecule is CC(C)=CCCC(C)(O)C1C(O)CC2(C)C1CCC1C3(C)CCC(=O)C(C)(C)C3CCC12C. The summed E-state index contributed by atoms with van der Waals surface area (Å²) in [6, 6.07) is 0. The van der Waals surface area contributed by atoms with Crippen molar-refractivity contribution >= 4 is 5.78 Å². The lowest BCUT2D eigenvalue weighted by Crippen LogP contribution is -2.63. The number of allylic oxidation sites excluding steroid dienone is 2. The van der Waals surface area contributed by atoms with Crippen LogP contribution in [0.2, 0.25) is 0 Å². The van der Waals surface area contributed by atoms with Crippen LogP contribution in [0.3, 0.4) is 0 Å². The van der Waals surface area contributed by atoms with Gasteiger partial charge in [-0.3, -0.25) is 4.79 Å². The van der Waals surface area contributed by atoms with Crippen LogP contribution in [0.1, 0.15) is 113 Å². The van der Waals surface area contributed by atoms with Crippen molar-refractivity contribution in [2.45, 2.75) is 125 Å². The van der Waals surface area contributed by atoms with Crippen LogP contribution in [0.15, 0.2) is 11.6 Å². The van der Waals surface area contributed by atoms with Crippen LogP contribution < -0.4 is 0 Å². The number of aliphatic hydroxyl groups excluding tert-OH is 1. The summed E-state index contributed by atoms with van der Waals surface area (Å²) in [4.78, 5) is 12.9. The molecule has 4 saturated carbocycles. The molecule has 0 aliphatic heterocycles. The van der Waals surface area contributed by atoms with E-state index in [1.54, 1.807) is 0 Å². The van der Waals surface area contributed by atoms with Crippen molar-refractivity contribution in [3.63, 3.8) is 0 Å². The van der Waals surface area contributed by atoms with Gasteiger partial charge in [0.05, 0.1) is 11.7 Å². The third-order valence-electron chi connectivity index (χ3n) is 12.1. The van der Waals surface area contributed by atoms with Gasteiger partial charge in [-0.25, -0.2) is 0 Å². The van der Waals surface area contributed by atoms with Gasteiger partial charge in [0.1, 0.15) is 5.78 Å². The minimum Gasteiger partial charge on any atom is -0.393 e. The average Bonchev–Trinajstić information content (AvgIpc) is 2.96. The first-order valence-corrected chi connectivity index (χ1v) is 13.7. The molecule has 0 aromatic rings. The second kappa shape index (κ2) is 7.92. The van der Waals surface area contributed by atoms with E-state index in [1.165, 1.54) is 12.0 Å². The fraction of sp³-hybridized carbons (Fsp3) is 0.900. The molecule has 33 heavy (non-hydrogen) atoms. The molecule has 0 amide bonds. The Bertz CT molecular complexity index is 820. The van der Waals surface area contributed by atoms with Crippen molar-refractivity contribution in [3.05, 3.63) is 11.6 Å². The van der Waals surface area contributed by atoms with E-state index in [4.69, 9.17) is 0 Å². The summed E-state index contributed by atoms with van der Waals surface area (Å²) in [6.07, 6.45) is 10.4. The Morgan fingerprint density at radius 2 is 1.70 bits per heavy atom. The van der Waals surface area contributed by atoms with Gasteiger partial charge < -0.3 is 10.2 Å². The van der Waals surface area contributed by atoms with Crippen molar-refractivity contribution < 1.29 is 15.0 Å². The fourth-order valence-corrected chi connectivity index (χ4v) is 10.2. The van der Waals surface area contributed by atoms with Crippen LogP contribution in [0.5, 0.6) is 0 Å². The molecule has 0 saturated heterocycles. The summed E-state index contributed by atoms with van der Waals surface area (Å²) in [6.45, 7) is 18.1. The predicted octanol–water partition coefficient (Wildman–Crippen LogP) is 6.71. The second-order valence-electron chi connectivity index (χ2n) is 14.3. The van der Waals surface area contributed by atoms with Gasteiger partial charge in [-0.15, -0.1) is 0 Å². The summed E-state index contributed by atoms with van der Waals surface area (Å²) in [5, 5.41) is 23.1. The lowest BCUT2D eigenvalue weighted by molar-refractivity contribution is -0.207. The number of aliphatic hydroxyl groups is 2. The van der Waals surface area contributed by atoms with Crippen molar-refractivity contribution in [2.24, 2.45) is 45.3 Å². The van der Waals surface area contributed by atoms with Crippen LogP contribution in [-0.4, -0.2) is 27.7 Å². The van der Waals surface area contributed by atoms with Crippen molar-refractivity contribution in [1.82, 2.24) is 0 Å². The summed E-state index contributed by atoms with van der Waals surface area (Å²) in [5.41, 5.74) is 0.571. The Kier molecular flexibility index (Phi) is 6.10. The minimum atomic E-state index is -0.850. The fourth-order valence-electron chi connectivity index (χ4n) is 10.2. The number of rotatable bonds is 4. The number of fused-ring (bicyclic) bond motifs is 5. The average molecular weight is 459 g/mol. The van der Waals surface area contributed by atoms with E-state index in [-0.39, 0.29) is 27.6 Å². The van der Waals surface area contributed by atoms with Gasteiger partial charge in [-0.2, -0.15) is 0 Å². The Labute approximate surface area is 202 Å². The molecule has 4 fully saturated rings. The molecule has 9 atom stereocenters. The molecule has 2 N–H and O–H groups in total. The van der Waals surface area contributed by atoms with Crippen molar-refractivity contribution in [3.8, 4) is 0 Å². The van der Waals surface area contributed by atoms with E-state index in [1.807, 2.05) is 6.92 Å². The van der Waals surface area contributed by atoms with E-state index >= 15 is 0 Å². The van der Waals surface area contributed by atoms with Crippen LogP contribution in [-0.2, 0) is 4.79 Å². The zero-order chi connectivity index (χ0) is 24.6. The number of hydrogen-bond donors (Lipinski definition) is 2.